The van der Waals surface area contributed by atoms with Gasteiger partial charge in [0.05, 0.1) is 5.56 Å². The lowest BCUT2D eigenvalue weighted by atomic mass is 10.0. The van der Waals surface area contributed by atoms with Crippen LogP contribution in [0.5, 0.6) is 5.75 Å². The van der Waals surface area contributed by atoms with E-state index in [9.17, 15) is 14.7 Å². The lowest BCUT2D eigenvalue weighted by Crippen LogP contribution is -2.49. The zero-order chi connectivity index (χ0) is 19.8. The van der Waals surface area contributed by atoms with Gasteiger partial charge in [0, 0.05) is 37.9 Å². The molecule has 0 aliphatic carbocycles. The Kier molecular flexibility index (Phi) is 6.73. The van der Waals surface area contributed by atoms with Crippen LogP contribution >= 0.6 is 0 Å². The Morgan fingerprint density at radius 3 is 2.29 bits per heavy atom. The first kappa shape index (κ1) is 19.5. The number of carbonyl (C=O) groups is 2. The van der Waals surface area contributed by atoms with Gasteiger partial charge < -0.3 is 26.0 Å². The van der Waals surface area contributed by atoms with Crippen LogP contribution in [0.25, 0.3) is 0 Å². The highest BCUT2D eigenvalue weighted by molar-refractivity contribution is 5.96. The fraction of sp³-hybridized carbons (Fsp3) is 0.333. The number of para-hydroxylation sites is 2. The highest BCUT2D eigenvalue weighted by atomic mass is 16.3. The van der Waals surface area contributed by atoms with Crippen molar-refractivity contribution >= 4 is 17.6 Å². The fourth-order valence-corrected chi connectivity index (χ4v) is 3.27. The zero-order valence-electron chi connectivity index (χ0n) is 15.7. The Morgan fingerprint density at radius 2 is 1.57 bits per heavy atom. The molecule has 7 nitrogen and oxygen atoms in total. The molecule has 148 valence electrons. The predicted molar refractivity (Wildman–Crippen MR) is 109 cm³/mol. The van der Waals surface area contributed by atoms with Gasteiger partial charge in [-0.3, -0.25) is 4.79 Å². The molecule has 3 amide bonds. The van der Waals surface area contributed by atoms with Gasteiger partial charge in [-0.25, -0.2) is 4.79 Å². The maximum absolute atomic E-state index is 12.0. The van der Waals surface area contributed by atoms with Crippen LogP contribution in [-0.2, 0) is 0 Å². The van der Waals surface area contributed by atoms with E-state index in [-0.39, 0.29) is 35.8 Å². The molecule has 0 aromatic heterocycles. The van der Waals surface area contributed by atoms with E-state index in [2.05, 4.69) is 33.0 Å². The third-order valence-corrected chi connectivity index (χ3v) is 4.80. The molecule has 4 N–H and O–H groups in total. The molecular weight excluding hydrogens is 356 g/mol. The van der Waals surface area contributed by atoms with Crippen molar-refractivity contribution < 1.29 is 14.7 Å². The molecule has 1 fully saturated rings. The highest BCUT2D eigenvalue weighted by Gasteiger charge is 2.20. The molecule has 7 heteroatoms. The first-order chi connectivity index (χ1) is 13.6. The van der Waals surface area contributed by atoms with Gasteiger partial charge in [0.25, 0.3) is 5.91 Å². The van der Waals surface area contributed by atoms with Gasteiger partial charge >= 0.3 is 6.03 Å². The van der Waals surface area contributed by atoms with Gasteiger partial charge in [-0.05, 0) is 37.1 Å². The molecule has 28 heavy (non-hydrogen) atoms. The van der Waals surface area contributed by atoms with E-state index in [1.807, 2.05) is 18.2 Å². The second-order valence-corrected chi connectivity index (χ2v) is 6.77. The standard InChI is InChI=1S/C21H26N4O3/c26-19-9-5-4-8-18(19)20(27)22-12-13-23-21(28)24-16-10-14-25(15-11-16)17-6-2-1-3-7-17/h1-9,16,26H,10-15H2,(H,22,27)(H2,23,24,28). The first-order valence-electron chi connectivity index (χ1n) is 9.54. The topological polar surface area (TPSA) is 93.7 Å². The summed E-state index contributed by atoms with van der Waals surface area (Å²) < 4.78 is 0. The van der Waals surface area contributed by atoms with E-state index in [4.69, 9.17) is 0 Å². The summed E-state index contributed by atoms with van der Waals surface area (Å²) in [6.45, 7) is 2.41. The first-order valence-corrected chi connectivity index (χ1v) is 9.54. The summed E-state index contributed by atoms with van der Waals surface area (Å²) in [5, 5.41) is 18.1. The van der Waals surface area contributed by atoms with E-state index < -0.39 is 0 Å². The Balaban J connectivity index is 1.32. The van der Waals surface area contributed by atoms with Crippen LogP contribution in [0, 0.1) is 0 Å². The molecule has 1 saturated heterocycles. The number of aromatic hydroxyl groups is 1. The minimum atomic E-state index is -0.367. The zero-order valence-corrected chi connectivity index (χ0v) is 15.7. The maximum Gasteiger partial charge on any atom is 0.315 e. The van der Waals surface area contributed by atoms with Crippen molar-refractivity contribution in [1.82, 2.24) is 16.0 Å². The molecule has 2 aromatic carbocycles. The average Bonchev–Trinajstić information content (AvgIpc) is 2.72. The lowest BCUT2D eigenvalue weighted by molar-refractivity contribution is 0.0951. The predicted octanol–water partition coefficient (Wildman–Crippen LogP) is 2.09. The number of carbonyl (C=O) groups excluding carboxylic acids is 2. The van der Waals surface area contributed by atoms with Crippen molar-refractivity contribution in [2.45, 2.75) is 18.9 Å². The van der Waals surface area contributed by atoms with Gasteiger partial charge in [0.1, 0.15) is 5.75 Å². The quantitative estimate of drug-likeness (QED) is 0.576. The van der Waals surface area contributed by atoms with Crippen molar-refractivity contribution in [3.05, 3.63) is 60.2 Å². The molecule has 1 aliphatic heterocycles. The molecular formula is C21H26N4O3. The summed E-state index contributed by atoms with van der Waals surface area (Å²) in [6.07, 6.45) is 1.79. The van der Waals surface area contributed by atoms with Crippen LogP contribution in [0.1, 0.15) is 23.2 Å². The smallest absolute Gasteiger partial charge is 0.315 e. The summed E-state index contributed by atoms with van der Waals surface area (Å²) >= 11 is 0. The molecule has 0 unspecified atom stereocenters. The van der Waals surface area contributed by atoms with Gasteiger partial charge in [-0.15, -0.1) is 0 Å². The largest absolute Gasteiger partial charge is 0.507 e. The van der Waals surface area contributed by atoms with Crippen molar-refractivity contribution in [2.75, 3.05) is 31.1 Å². The average molecular weight is 382 g/mol. The summed E-state index contributed by atoms with van der Waals surface area (Å²) in [6, 6.07) is 16.5. The van der Waals surface area contributed by atoms with Crippen molar-refractivity contribution in [1.29, 1.82) is 0 Å². The molecule has 1 aliphatic rings. The molecule has 2 aromatic rings. The Hall–Kier alpha value is -3.22. The SMILES string of the molecule is O=C(NCCNC(=O)c1ccccc1O)NC1CCN(c2ccccc2)CC1. The van der Waals surface area contributed by atoms with Crippen LogP contribution in [0.4, 0.5) is 10.5 Å². The second kappa shape index (κ2) is 9.64. The molecule has 3 rings (SSSR count). The summed E-state index contributed by atoms with van der Waals surface area (Å²) in [5.41, 5.74) is 1.43. The fourth-order valence-electron chi connectivity index (χ4n) is 3.27. The molecule has 0 spiro atoms. The molecule has 0 bridgehead atoms. The van der Waals surface area contributed by atoms with Crippen LogP contribution in [0.3, 0.4) is 0 Å². The minimum Gasteiger partial charge on any atom is -0.507 e. The molecule has 0 saturated carbocycles. The third-order valence-electron chi connectivity index (χ3n) is 4.80. The number of hydrogen-bond donors (Lipinski definition) is 4. The Labute approximate surface area is 164 Å². The third kappa shape index (κ3) is 5.39. The number of nitrogens with zero attached hydrogens (tertiary/aromatic N) is 1. The van der Waals surface area contributed by atoms with Gasteiger partial charge in [-0.1, -0.05) is 30.3 Å². The Bertz CT molecular complexity index is 789. The van der Waals surface area contributed by atoms with E-state index in [1.165, 1.54) is 11.8 Å². The number of anilines is 1. The summed E-state index contributed by atoms with van der Waals surface area (Å²) in [4.78, 5) is 26.3. The number of piperidine rings is 1. The van der Waals surface area contributed by atoms with E-state index in [0.29, 0.717) is 6.54 Å². The number of phenols is 1. The number of rotatable bonds is 6. The number of benzene rings is 2. The minimum absolute atomic E-state index is 0.0625. The van der Waals surface area contributed by atoms with E-state index in [0.717, 1.165) is 25.9 Å². The van der Waals surface area contributed by atoms with Gasteiger partial charge in [-0.2, -0.15) is 0 Å². The van der Waals surface area contributed by atoms with Crippen LogP contribution in [0.2, 0.25) is 0 Å². The van der Waals surface area contributed by atoms with Crippen molar-refractivity contribution in [3.63, 3.8) is 0 Å². The van der Waals surface area contributed by atoms with Crippen LogP contribution in [0.15, 0.2) is 54.6 Å². The van der Waals surface area contributed by atoms with Crippen LogP contribution < -0.4 is 20.9 Å². The maximum atomic E-state index is 12.0. The van der Waals surface area contributed by atoms with Gasteiger partial charge in [0.2, 0.25) is 0 Å². The lowest BCUT2D eigenvalue weighted by Gasteiger charge is -2.33. The molecule has 1 heterocycles. The van der Waals surface area contributed by atoms with Gasteiger partial charge in [0.15, 0.2) is 0 Å². The molecule has 0 radical (unpaired) electrons. The number of nitrogens with one attached hydrogen (secondary N) is 3. The van der Waals surface area contributed by atoms with E-state index >= 15 is 0 Å². The summed E-state index contributed by atoms with van der Waals surface area (Å²) in [7, 11) is 0. The van der Waals surface area contributed by atoms with E-state index in [1.54, 1.807) is 18.2 Å². The number of phenolic OH excluding ortho intramolecular Hbond substituents is 1. The number of amides is 3. The Morgan fingerprint density at radius 1 is 0.929 bits per heavy atom. The number of hydrogen-bond acceptors (Lipinski definition) is 4. The van der Waals surface area contributed by atoms with Crippen molar-refractivity contribution in [3.8, 4) is 5.75 Å². The normalized spacial score (nSPS) is 14.4. The van der Waals surface area contributed by atoms with Crippen LogP contribution in [-0.4, -0.2) is 49.3 Å². The second-order valence-electron chi connectivity index (χ2n) is 6.77. The summed E-state index contributed by atoms with van der Waals surface area (Å²) in [5.74, 6) is -0.430. The molecule has 0 atom stereocenters. The highest BCUT2D eigenvalue weighted by Crippen LogP contribution is 2.19. The monoisotopic (exact) mass is 382 g/mol. The van der Waals surface area contributed by atoms with Crippen molar-refractivity contribution in [2.24, 2.45) is 0 Å². The number of urea groups is 1.